The lowest BCUT2D eigenvalue weighted by atomic mass is 10.2. The van der Waals surface area contributed by atoms with Crippen molar-refractivity contribution in [2.75, 3.05) is 32.7 Å². The predicted molar refractivity (Wildman–Crippen MR) is 94.3 cm³/mol. The van der Waals surface area contributed by atoms with Crippen LogP contribution in [0.2, 0.25) is 5.02 Å². The molecule has 0 saturated carbocycles. The molecule has 0 atom stereocenters. The van der Waals surface area contributed by atoms with E-state index < -0.39 is 0 Å². The summed E-state index contributed by atoms with van der Waals surface area (Å²) >= 11 is 6.00. The van der Waals surface area contributed by atoms with Gasteiger partial charge in [-0.2, -0.15) is 0 Å². The Morgan fingerprint density at radius 3 is 2.75 bits per heavy atom. The molecule has 128 valence electrons. The van der Waals surface area contributed by atoms with Gasteiger partial charge >= 0.3 is 0 Å². The lowest BCUT2D eigenvalue weighted by Crippen LogP contribution is -2.26. The van der Waals surface area contributed by atoms with E-state index in [0.29, 0.717) is 29.6 Å². The average Bonchev–Trinajstić information content (AvgIpc) is 2.59. The number of hydrogen-bond donors (Lipinski definition) is 2. The van der Waals surface area contributed by atoms with E-state index in [2.05, 4.69) is 15.6 Å². The van der Waals surface area contributed by atoms with Crippen LogP contribution in [0.5, 0.6) is 5.75 Å². The lowest BCUT2D eigenvalue weighted by molar-refractivity contribution is 0.0943. The number of methoxy groups -OCH3 is 2. The molecular formula is C17H20ClN3O3. The van der Waals surface area contributed by atoms with Gasteiger partial charge in [0.2, 0.25) is 0 Å². The van der Waals surface area contributed by atoms with Crippen LogP contribution < -0.4 is 15.4 Å². The van der Waals surface area contributed by atoms with Crippen LogP contribution in [0.3, 0.4) is 0 Å². The maximum Gasteiger partial charge on any atom is 0.269 e. The van der Waals surface area contributed by atoms with Gasteiger partial charge in [0.25, 0.3) is 5.91 Å². The zero-order chi connectivity index (χ0) is 17.4. The molecule has 0 aliphatic carbocycles. The molecule has 0 fully saturated rings. The van der Waals surface area contributed by atoms with E-state index in [1.165, 1.54) is 0 Å². The first-order valence-electron chi connectivity index (χ1n) is 7.48. The molecule has 1 aromatic carbocycles. The molecule has 0 aliphatic heterocycles. The van der Waals surface area contributed by atoms with Crippen molar-refractivity contribution >= 4 is 28.9 Å². The number of rotatable bonds is 8. The summed E-state index contributed by atoms with van der Waals surface area (Å²) < 4.78 is 10.2. The molecule has 1 amide bonds. The van der Waals surface area contributed by atoms with Crippen LogP contribution in [0, 0.1) is 0 Å². The molecule has 2 rings (SSSR count). The molecule has 7 heteroatoms. The monoisotopic (exact) mass is 349 g/mol. The number of benzene rings is 1. The van der Waals surface area contributed by atoms with Crippen molar-refractivity contribution < 1.29 is 14.3 Å². The zero-order valence-corrected chi connectivity index (χ0v) is 14.4. The van der Waals surface area contributed by atoms with Gasteiger partial charge in [0.05, 0.1) is 24.7 Å². The Bertz CT molecular complexity index is 677. The number of nitrogens with zero attached hydrogens (tertiary/aromatic N) is 1. The minimum atomic E-state index is -0.210. The Morgan fingerprint density at radius 2 is 2.08 bits per heavy atom. The highest BCUT2D eigenvalue weighted by Gasteiger charge is 2.08. The van der Waals surface area contributed by atoms with Crippen LogP contribution >= 0.6 is 11.6 Å². The SMILES string of the molecule is COCCCNC(=O)c1ccc(Nc2cc(Cl)ccc2OC)cn1. The fourth-order valence-corrected chi connectivity index (χ4v) is 2.22. The number of carbonyl (C=O) groups is 1. The molecule has 0 spiro atoms. The molecule has 0 aliphatic rings. The molecule has 1 aromatic heterocycles. The first kappa shape index (κ1) is 18.0. The molecule has 1 heterocycles. The summed E-state index contributed by atoms with van der Waals surface area (Å²) in [5.74, 6) is 0.456. The summed E-state index contributed by atoms with van der Waals surface area (Å²) in [6.45, 7) is 1.16. The number of carbonyl (C=O) groups excluding carboxylic acids is 1. The summed E-state index contributed by atoms with van der Waals surface area (Å²) in [5, 5.41) is 6.56. The first-order valence-corrected chi connectivity index (χ1v) is 7.85. The van der Waals surface area contributed by atoms with Crippen molar-refractivity contribution in [1.82, 2.24) is 10.3 Å². The Kier molecular flexibility index (Phi) is 6.84. The van der Waals surface area contributed by atoms with Crippen molar-refractivity contribution in [3.05, 3.63) is 47.2 Å². The highest BCUT2D eigenvalue weighted by atomic mass is 35.5. The van der Waals surface area contributed by atoms with E-state index in [1.807, 2.05) is 0 Å². The van der Waals surface area contributed by atoms with E-state index in [0.717, 1.165) is 17.8 Å². The van der Waals surface area contributed by atoms with Gasteiger partial charge in [0.1, 0.15) is 11.4 Å². The number of anilines is 2. The van der Waals surface area contributed by atoms with Crippen LogP contribution in [0.25, 0.3) is 0 Å². The summed E-state index contributed by atoms with van der Waals surface area (Å²) in [6, 6.07) is 8.72. The van der Waals surface area contributed by atoms with Gasteiger partial charge < -0.3 is 20.1 Å². The topological polar surface area (TPSA) is 72.5 Å². The summed E-state index contributed by atoms with van der Waals surface area (Å²) in [6.07, 6.45) is 2.35. The minimum Gasteiger partial charge on any atom is -0.495 e. The van der Waals surface area contributed by atoms with Crippen LogP contribution in [-0.4, -0.2) is 38.3 Å². The number of amides is 1. The molecular weight excluding hydrogens is 330 g/mol. The summed E-state index contributed by atoms with van der Waals surface area (Å²) in [4.78, 5) is 16.1. The third-order valence-corrected chi connectivity index (χ3v) is 3.48. The van der Waals surface area contributed by atoms with Gasteiger partial charge in [0.15, 0.2) is 0 Å². The second kappa shape index (κ2) is 9.10. The van der Waals surface area contributed by atoms with Gasteiger partial charge in [0, 0.05) is 25.3 Å². The van der Waals surface area contributed by atoms with E-state index in [1.54, 1.807) is 50.7 Å². The first-order chi connectivity index (χ1) is 11.6. The Labute approximate surface area is 146 Å². The molecule has 0 radical (unpaired) electrons. The smallest absolute Gasteiger partial charge is 0.269 e. The molecule has 0 saturated heterocycles. The lowest BCUT2D eigenvalue weighted by Gasteiger charge is -2.11. The van der Waals surface area contributed by atoms with Crippen molar-refractivity contribution in [1.29, 1.82) is 0 Å². The Hall–Kier alpha value is -2.31. The van der Waals surface area contributed by atoms with Crippen LogP contribution in [0.1, 0.15) is 16.9 Å². The fraction of sp³-hybridized carbons (Fsp3) is 0.294. The second-order valence-electron chi connectivity index (χ2n) is 5.00. The maximum atomic E-state index is 12.0. The van der Waals surface area contributed by atoms with Crippen molar-refractivity contribution in [2.24, 2.45) is 0 Å². The third-order valence-electron chi connectivity index (χ3n) is 3.25. The van der Waals surface area contributed by atoms with Crippen LogP contribution in [0.15, 0.2) is 36.5 Å². The second-order valence-corrected chi connectivity index (χ2v) is 5.44. The number of nitrogens with one attached hydrogen (secondary N) is 2. The third kappa shape index (κ3) is 5.11. The number of halogens is 1. The average molecular weight is 350 g/mol. The van der Waals surface area contributed by atoms with E-state index in [-0.39, 0.29) is 5.91 Å². The van der Waals surface area contributed by atoms with Crippen molar-refractivity contribution in [3.63, 3.8) is 0 Å². The highest BCUT2D eigenvalue weighted by molar-refractivity contribution is 6.31. The quantitative estimate of drug-likeness (QED) is 0.716. The molecule has 0 unspecified atom stereocenters. The van der Waals surface area contributed by atoms with Gasteiger partial charge in [-0.25, -0.2) is 4.98 Å². The number of ether oxygens (including phenoxy) is 2. The van der Waals surface area contributed by atoms with Crippen molar-refractivity contribution in [3.8, 4) is 5.75 Å². The van der Waals surface area contributed by atoms with E-state index in [4.69, 9.17) is 21.1 Å². The molecule has 0 bridgehead atoms. The Morgan fingerprint density at radius 1 is 1.25 bits per heavy atom. The van der Waals surface area contributed by atoms with E-state index >= 15 is 0 Å². The number of aromatic nitrogens is 1. The molecule has 2 aromatic rings. The van der Waals surface area contributed by atoms with Crippen molar-refractivity contribution in [2.45, 2.75) is 6.42 Å². The van der Waals surface area contributed by atoms with Gasteiger partial charge in [-0.1, -0.05) is 11.6 Å². The number of hydrogen-bond acceptors (Lipinski definition) is 5. The summed E-state index contributed by atoms with van der Waals surface area (Å²) in [7, 11) is 3.22. The number of pyridine rings is 1. The molecule has 6 nitrogen and oxygen atoms in total. The zero-order valence-electron chi connectivity index (χ0n) is 13.6. The van der Waals surface area contributed by atoms with E-state index in [9.17, 15) is 4.79 Å². The standard InChI is InChI=1S/C17H20ClN3O3/c1-23-9-3-8-19-17(22)14-6-5-13(11-20-14)21-15-10-12(18)4-7-16(15)24-2/h4-7,10-11,21H,3,8-9H2,1-2H3,(H,19,22). The van der Waals surface area contributed by atoms with Crippen LogP contribution in [-0.2, 0) is 4.74 Å². The largest absolute Gasteiger partial charge is 0.495 e. The normalized spacial score (nSPS) is 10.3. The molecule has 24 heavy (non-hydrogen) atoms. The maximum absolute atomic E-state index is 12.0. The fourth-order valence-electron chi connectivity index (χ4n) is 2.04. The minimum absolute atomic E-state index is 0.210. The van der Waals surface area contributed by atoms with Gasteiger partial charge in [-0.05, 0) is 36.8 Å². The van der Waals surface area contributed by atoms with Gasteiger partial charge in [-0.3, -0.25) is 4.79 Å². The van der Waals surface area contributed by atoms with Gasteiger partial charge in [-0.15, -0.1) is 0 Å². The molecule has 2 N–H and O–H groups in total. The highest BCUT2D eigenvalue weighted by Crippen LogP contribution is 2.30. The van der Waals surface area contributed by atoms with Crippen LogP contribution in [0.4, 0.5) is 11.4 Å². The summed E-state index contributed by atoms with van der Waals surface area (Å²) in [5.41, 5.74) is 1.81. The predicted octanol–water partition coefficient (Wildman–Crippen LogP) is 3.25. The Balaban J connectivity index is 1.99.